The molecule has 0 radical (unpaired) electrons. The fourth-order valence-corrected chi connectivity index (χ4v) is 1.95. The van der Waals surface area contributed by atoms with E-state index >= 15 is 0 Å². The lowest BCUT2D eigenvalue weighted by atomic mass is 10.0. The molecule has 1 unspecified atom stereocenters. The number of carbonyl (C=O) groups is 1. The van der Waals surface area contributed by atoms with Crippen molar-refractivity contribution < 1.29 is 19.0 Å². The largest absolute Gasteiger partial charge is 0.489 e. The second-order valence-corrected chi connectivity index (χ2v) is 5.07. The van der Waals surface area contributed by atoms with Gasteiger partial charge in [0.15, 0.2) is 0 Å². The second-order valence-electron chi connectivity index (χ2n) is 4.67. The SMILES string of the molecule is CC(C(=O)O)c1ccc(COc2ccc(F)c(Cl)c2)cc1. The highest BCUT2D eigenvalue weighted by Gasteiger charge is 2.13. The average Bonchev–Trinajstić information content (AvgIpc) is 2.48. The van der Waals surface area contributed by atoms with E-state index in [1.165, 1.54) is 18.2 Å². The lowest BCUT2D eigenvalue weighted by Gasteiger charge is -2.09. The third kappa shape index (κ3) is 3.95. The maximum Gasteiger partial charge on any atom is 0.310 e. The Bertz CT molecular complexity index is 640. The van der Waals surface area contributed by atoms with Crippen molar-refractivity contribution in [2.24, 2.45) is 0 Å². The van der Waals surface area contributed by atoms with Gasteiger partial charge in [0.1, 0.15) is 18.2 Å². The summed E-state index contributed by atoms with van der Waals surface area (Å²) in [5.41, 5.74) is 1.62. The molecule has 0 saturated carbocycles. The van der Waals surface area contributed by atoms with Crippen LogP contribution in [-0.4, -0.2) is 11.1 Å². The van der Waals surface area contributed by atoms with Gasteiger partial charge in [0.25, 0.3) is 0 Å². The van der Waals surface area contributed by atoms with Crippen LogP contribution in [0.5, 0.6) is 5.75 Å². The van der Waals surface area contributed by atoms with Gasteiger partial charge >= 0.3 is 5.97 Å². The van der Waals surface area contributed by atoms with Gasteiger partial charge in [-0.3, -0.25) is 4.79 Å². The van der Waals surface area contributed by atoms with Crippen molar-refractivity contribution in [3.63, 3.8) is 0 Å². The summed E-state index contributed by atoms with van der Waals surface area (Å²) < 4.78 is 18.5. The Labute approximate surface area is 126 Å². The quantitative estimate of drug-likeness (QED) is 0.898. The minimum absolute atomic E-state index is 0.0122. The molecule has 2 aromatic carbocycles. The van der Waals surface area contributed by atoms with E-state index in [0.717, 1.165) is 11.1 Å². The van der Waals surface area contributed by atoms with Crippen molar-refractivity contribution in [2.45, 2.75) is 19.4 Å². The number of hydrogen-bond acceptors (Lipinski definition) is 2. The highest BCUT2D eigenvalue weighted by molar-refractivity contribution is 6.30. The van der Waals surface area contributed by atoms with Gasteiger partial charge < -0.3 is 9.84 Å². The van der Waals surface area contributed by atoms with E-state index in [4.69, 9.17) is 21.4 Å². The number of hydrogen-bond donors (Lipinski definition) is 1. The summed E-state index contributed by atoms with van der Waals surface area (Å²) in [5, 5.41) is 8.95. The van der Waals surface area contributed by atoms with Crippen molar-refractivity contribution in [3.8, 4) is 5.75 Å². The molecule has 0 heterocycles. The van der Waals surface area contributed by atoms with Crippen LogP contribution in [0, 0.1) is 5.82 Å². The first kappa shape index (κ1) is 15.3. The number of benzene rings is 2. The van der Waals surface area contributed by atoms with E-state index in [1.54, 1.807) is 31.2 Å². The Morgan fingerprint density at radius 2 is 1.95 bits per heavy atom. The molecule has 0 amide bonds. The molecule has 2 aromatic rings. The van der Waals surface area contributed by atoms with Crippen molar-refractivity contribution in [3.05, 3.63) is 64.4 Å². The van der Waals surface area contributed by atoms with Crippen LogP contribution < -0.4 is 4.74 Å². The zero-order chi connectivity index (χ0) is 15.4. The van der Waals surface area contributed by atoms with Gasteiger partial charge in [0.2, 0.25) is 0 Å². The molecule has 1 N–H and O–H groups in total. The molecule has 0 spiro atoms. The molecular formula is C16H14ClFO3. The van der Waals surface area contributed by atoms with E-state index < -0.39 is 17.7 Å². The normalized spacial score (nSPS) is 12.0. The maximum atomic E-state index is 13.0. The third-order valence-corrected chi connectivity index (χ3v) is 3.44. The Balaban J connectivity index is 2.00. The smallest absolute Gasteiger partial charge is 0.310 e. The molecule has 0 aliphatic heterocycles. The summed E-state index contributed by atoms with van der Waals surface area (Å²) >= 11 is 5.67. The Morgan fingerprint density at radius 3 is 2.52 bits per heavy atom. The fourth-order valence-electron chi connectivity index (χ4n) is 1.78. The molecule has 110 valence electrons. The van der Waals surface area contributed by atoms with Crippen molar-refractivity contribution in [1.82, 2.24) is 0 Å². The highest BCUT2D eigenvalue weighted by atomic mass is 35.5. The molecule has 0 aromatic heterocycles. The first-order chi connectivity index (χ1) is 9.97. The van der Waals surface area contributed by atoms with Crippen LogP contribution in [0.15, 0.2) is 42.5 Å². The Hall–Kier alpha value is -2.07. The van der Waals surface area contributed by atoms with Crippen LogP contribution in [0.2, 0.25) is 5.02 Å². The van der Waals surface area contributed by atoms with Crippen LogP contribution in [-0.2, 0) is 11.4 Å². The Kier molecular flexibility index (Phi) is 4.81. The van der Waals surface area contributed by atoms with Gasteiger partial charge in [-0.1, -0.05) is 35.9 Å². The number of carboxylic acids is 1. The fraction of sp³-hybridized carbons (Fsp3) is 0.188. The average molecular weight is 309 g/mol. The zero-order valence-electron chi connectivity index (χ0n) is 11.3. The van der Waals surface area contributed by atoms with Crippen molar-refractivity contribution in [1.29, 1.82) is 0 Å². The predicted molar refractivity (Wildman–Crippen MR) is 78.2 cm³/mol. The molecule has 2 rings (SSSR count). The molecule has 21 heavy (non-hydrogen) atoms. The predicted octanol–water partition coefficient (Wildman–Crippen LogP) is 4.25. The minimum Gasteiger partial charge on any atom is -0.489 e. The van der Waals surface area contributed by atoms with Gasteiger partial charge in [-0.05, 0) is 30.2 Å². The summed E-state index contributed by atoms with van der Waals surface area (Å²) in [7, 11) is 0. The summed E-state index contributed by atoms with van der Waals surface area (Å²) in [6, 6.07) is 11.3. The molecule has 1 atom stereocenters. The number of ether oxygens (including phenoxy) is 1. The molecule has 0 bridgehead atoms. The molecule has 3 nitrogen and oxygen atoms in total. The van der Waals surface area contributed by atoms with Crippen LogP contribution in [0.25, 0.3) is 0 Å². The zero-order valence-corrected chi connectivity index (χ0v) is 12.1. The van der Waals surface area contributed by atoms with E-state index in [2.05, 4.69) is 0 Å². The molecule has 0 fully saturated rings. The number of halogens is 2. The van der Waals surface area contributed by atoms with Crippen molar-refractivity contribution in [2.75, 3.05) is 0 Å². The molecule has 5 heteroatoms. The summed E-state index contributed by atoms with van der Waals surface area (Å²) in [4.78, 5) is 10.9. The van der Waals surface area contributed by atoms with E-state index in [-0.39, 0.29) is 5.02 Å². The molecule has 0 aliphatic carbocycles. The van der Waals surface area contributed by atoms with Gasteiger partial charge in [0, 0.05) is 6.07 Å². The van der Waals surface area contributed by atoms with Crippen LogP contribution >= 0.6 is 11.6 Å². The summed E-state index contributed by atoms with van der Waals surface area (Å²) in [6.07, 6.45) is 0. The van der Waals surface area contributed by atoms with E-state index in [1.807, 2.05) is 0 Å². The minimum atomic E-state index is -0.861. The van der Waals surface area contributed by atoms with Gasteiger partial charge in [-0.15, -0.1) is 0 Å². The number of aliphatic carboxylic acids is 1. The maximum absolute atomic E-state index is 13.0. The first-order valence-electron chi connectivity index (χ1n) is 6.37. The number of carboxylic acid groups (broad SMARTS) is 1. The van der Waals surface area contributed by atoms with Crippen LogP contribution in [0.1, 0.15) is 24.0 Å². The van der Waals surface area contributed by atoms with Gasteiger partial charge in [-0.25, -0.2) is 4.39 Å². The lowest BCUT2D eigenvalue weighted by molar-refractivity contribution is -0.138. The van der Waals surface area contributed by atoms with Crippen LogP contribution in [0.3, 0.4) is 0 Å². The van der Waals surface area contributed by atoms with E-state index in [0.29, 0.717) is 12.4 Å². The summed E-state index contributed by atoms with van der Waals surface area (Å²) in [6.45, 7) is 1.93. The molecular weight excluding hydrogens is 295 g/mol. The summed E-state index contributed by atoms with van der Waals surface area (Å²) in [5.74, 6) is -1.42. The van der Waals surface area contributed by atoms with Gasteiger partial charge in [0.05, 0.1) is 10.9 Å². The molecule has 0 aliphatic rings. The first-order valence-corrected chi connectivity index (χ1v) is 6.74. The monoisotopic (exact) mass is 308 g/mol. The van der Waals surface area contributed by atoms with Crippen LogP contribution in [0.4, 0.5) is 4.39 Å². The van der Waals surface area contributed by atoms with Crippen molar-refractivity contribution >= 4 is 17.6 Å². The topological polar surface area (TPSA) is 46.5 Å². The standard InChI is InChI=1S/C16H14ClFO3/c1-10(16(19)20)12-4-2-11(3-5-12)9-21-13-6-7-15(18)14(17)8-13/h2-8,10H,9H2,1H3,(H,19,20). The lowest BCUT2D eigenvalue weighted by Crippen LogP contribution is -2.07. The van der Waals surface area contributed by atoms with E-state index in [9.17, 15) is 9.18 Å². The highest BCUT2D eigenvalue weighted by Crippen LogP contribution is 2.22. The molecule has 0 saturated heterocycles. The second kappa shape index (κ2) is 6.59. The Morgan fingerprint density at radius 1 is 1.29 bits per heavy atom. The third-order valence-electron chi connectivity index (χ3n) is 3.15. The van der Waals surface area contributed by atoms with Gasteiger partial charge in [-0.2, -0.15) is 0 Å². The number of rotatable bonds is 5.